The third kappa shape index (κ3) is 3.44. The molecule has 158 valence electrons. The van der Waals surface area contributed by atoms with Crippen molar-refractivity contribution >= 4 is 28.5 Å². The number of nitrogens with zero attached hydrogens (tertiary/aromatic N) is 1. The highest BCUT2D eigenvalue weighted by Gasteiger charge is 2.34. The largest absolute Gasteiger partial charge is 0.545 e. The lowest BCUT2D eigenvalue weighted by molar-refractivity contribution is -0.254. The van der Waals surface area contributed by atoms with Gasteiger partial charge in [-0.05, 0) is 65.1 Å². The van der Waals surface area contributed by atoms with E-state index in [0.29, 0.717) is 17.3 Å². The first kappa shape index (κ1) is 19.6. The van der Waals surface area contributed by atoms with Crippen LogP contribution in [0.2, 0.25) is 0 Å². The lowest BCUT2D eigenvalue weighted by Crippen LogP contribution is -2.31. The number of aromatic carboxylic acids is 1. The lowest BCUT2D eigenvalue weighted by Gasteiger charge is -2.37. The number of hydrogen-bond donors (Lipinski definition) is 0. The van der Waals surface area contributed by atoms with Crippen molar-refractivity contribution < 1.29 is 19.4 Å². The molecule has 0 fully saturated rings. The van der Waals surface area contributed by atoms with Gasteiger partial charge in [0, 0.05) is 10.9 Å². The topological polar surface area (TPSA) is 71.5 Å². The quantitative estimate of drug-likeness (QED) is 0.618. The van der Waals surface area contributed by atoms with Crippen LogP contribution in [0, 0.1) is 11.3 Å². The molecular formula is C26H24NO4-. The number of carbonyl (C=O) groups excluding carboxylic acids is 1. The number of carboxylic acids is 1. The van der Waals surface area contributed by atoms with E-state index in [1.165, 1.54) is 0 Å². The van der Waals surface area contributed by atoms with E-state index in [-0.39, 0.29) is 23.7 Å². The minimum Gasteiger partial charge on any atom is -0.545 e. The van der Waals surface area contributed by atoms with Crippen molar-refractivity contribution in [3.05, 3.63) is 64.8 Å². The number of allylic oxidation sites excluding steroid dienone is 1. The van der Waals surface area contributed by atoms with Crippen molar-refractivity contribution in [2.75, 3.05) is 6.79 Å². The van der Waals surface area contributed by atoms with Crippen LogP contribution in [0.4, 0.5) is 0 Å². The Kier molecular flexibility index (Phi) is 4.50. The third-order valence-electron chi connectivity index (χ3n) is 6.38. The fourth-order valence-electron chi connectivity index (χ4n) is 4.57. The summed E-state index contributed by atoms with van der Waals surface area (Å²) < 4.78 is 11.0. The first-order chi connectivity index (χ1) is 14.8. The van der Waals surface area contributed by atoms with Crippen LogP contribution < -0.4 is 14.6 Å². The number of hydrogen-bond acceptors (Lipinski definition) is 5. The molecule has 2 heterocycles. The zero-order chi connectivity index (χ0) is 21.8. The van der Waals surface area contributed by atoms with Gasteiger partial charge in [-0.1, -0.05) is 45.0 Å². The highest BCUT2D eigenvalue weighted by molar-refractivity contribution is 6.05. The number of benzene rings is 2. The van der Waals surface area contributed by atoms with Crippen molar-refractivity contribution in [2.24, 2.45) is 11.3 Å². The van der Waals surface area contributed by atoms with Crippen molar-refractivity contribution in [3.63, 3.8) is 0 Å². The summed E-state index contributed by atoms with van der Waals surface area (Å²) in [5.41, 5.74) is 4.50. The molecule has 0 spiro atoms. The molecule has 1 aliphatic heterocycles. The van der Waals surface area contributed by atoms with E-state index in [9.17, 15) is 9.90 Å². The minimum atomic E-state index is -1.15. The number of aromatic nitrogens is 1. The molecule has 0 N–H and O–H groups in total. The fourth-order valence-corrected chi connectivity index (χ4v) is 4.57. The number of para-hydroxylation sites is 1. The monoisotopic (exact) mass is 414 g/mol. The van der Waals surface area contributed by atoms with Crippen molar-refractivity contribution in [3.8, 4) is 11.5 Å². The predicted octanol–water partition coefficient (Wildman–Crippen LogP) is 4.48. The Morgan fingerprint density at radius 2 is 1.87 bits per heavy atom. The number of carboxylic acid groups (broad SMARTS) is 1. The minimum absolute atomic E-state index is 0.0144. The van der Waals surface area contributed by atoms with Gasteiger partial charge in [0.05, 0.1) is 17.2 Å². The molecule has 5 heteroatoms. The molecule has 1 atom stereocenters. The molecule has 2 aromatic carbocycles. The van der Waals surface area contributed by atoms with Crippen LogP contribution >= 0.6 is 0 Å². The highest BCUT2D eigenvalue weighted by Crippen LogP contribution is 2.45. The van der Waals surface area contributed by atoms with Gasteiger partial charge in [-0.3, -0.25) is 0 Å². The molecule has 5 rings (SSSR count). The number of pyridine rings is 1. The van der Waals surface area contributed by atoms with Crippen LogP contribution in [-0.2, 0) is 6.42 Å². The highest BCUT2D eigenvalue weighted by atomic mass is 16.7. The normalized spacial score (nSPS) is 18.9. The average Bonchev–Trinajstić information content (AvgIpc) is 3.19. The Morgan fingerprint density at radius 1 is 1.10 bits per heavy atom. The summed E-state index contributed by atoms with van der Waals surface area (Å²) in [6, 6.07) is 13.2. The molecule has 0 amide bonds. The molecule has 0 saturated carbocycles. The van der Waals surface area contributed by atoms with Gasteiger partial charge in [0.2, 0.25) is 6.79 Å². The van der Waals surface area contributed by atoms with Gasteiger partial charge in [-0.15, -0.1) is 0 Å². The molecule has 5 nitrogen and oxygen atoms in total. The second kappa shape index (κ2) is 7.12. The first-order valence-corrected chi connectivity index (χ1v) is 10.5. The van der Waals surface area contributed by atoms with Crippen LogP contribution in [0.25, 0.3) is 22.6 Å². The van der Waals surface area contributed by atoms with Gasteiger partial charge < -0.3 is 19.4 Å². The first-order valence-electron chi connectivity index (χ1n) is 10.5. The number of fused-ring (bicyclic) bond motifs is 3. The van der Waals surface area contributed by atoms with E-state index in [1.807, 2.05) is 42.5 Å². The van der Waals surface area contributed by atoms with Crippen LogP contribution in [-0.4, -0.2) is 17.7 Å². The van der Waals surface area contributed by atoms with Gasteiger partial charge in [0.25, 0.3) is 0 Å². The molecule has 1 aliphatic carbocycles. The summed E-state index contributed by atoms with van der Waals surface area (Å²) in [5.74, 6) is 0.593. The molecule has 1 aromatic heterocycles. The van der Waals surface area contributed by atoms with Gasteiger partial charge in [0.1, 0.15) is 0 Å². The standard InChI is InChI=1S/C26H25NO4/c1-26(2,3)17-12-16(10-15-8-9-21-22(11-15)31-14-30-21)24-19(13-17)23(25(28)29)18-6-4-5-7-20(18)27-24/h4-11,17H,12-14H2,1-3H3,(H,28,29)/p-1/b16-10-/t17-/m1/s1. The van der Waals surface area contributed by atoms with E-state index in [2.05, 4.69) is 26.8 Å². The Balaban J connectivity index is 1.74. The second-order valence-corrected chi connectivity index (χ2v) is 9.37. The fraction of sp³-hybridized carbons (Fsp3) is 0.308. The maximum atomic E-state index is 12.2. The van der Waals surface area contributed by atoms with Gasteiger partial charge >= 0.3 is 0 Å². The van der Waals surface area contributed by atoms with E-state index < -0.39 is 5.97 Å². The zero-order valence-electron chi connectivity index (χ0n) is 17.9. The van der Waals surface area contributed by atoms with Crippen LogP contribution in [0.15, 0.2) is 42.5 Å². The molecule has 0 saturated heterocycles. The van der Waals surface area contributed by atoms with Crippen LogP contribution in [0.5, 0.6) is 11.5 Å². The maximum Gasteiger partial charge on any atom is 0.231 e. The van der Waals surface area contributed by atoms with E-state index in [4.69, 9.17) is 14.5 Å². The second-order valence-electron chi connectivity index (χ2n) is 9.37. The summed E-state index contributed by atoms with van der Waals surface area (Å²) in [6.07, 6.45) is 3.58. The smallest absolute Gasteiger partial charge is 0.231 e. The lowest BCUT2D eigenvalue weighted by atomic mass is 9.69. The van der Waals surface area contributed by atoms with Gasteiger partial charge in [-0.2, -0.15) is 0 Å². The summed E-state index contributed by atoms with van der Waals surface area (Å²) in [6.45, 7) is 6.84. The van der Waals surface area contributed by atoms with E-state index in [1.54, 1.807) is 0 Å². The number of rotatable bonds is 2. The molecule has 3 aromatic rings. The molecule has 0 radical (unpaired) electrons. The summed E-state index contributed by atoms with van der Waals surface area (Å²) in [5, 5.41) is 12.9. The third-order valence-corrected chi connectivity index (χ3v) is 6.38. The van der Waals surface area contributed by atoms with Gasteiger partial charge in [0.15, 0.2) is 11.5 Å². The molecule has 31 heavy (non-hydrogen) atoms. The van der Waals surface area contributed by atoms with Crippen molar-refractivity contribution in [1.29, 1.82) is 0 Å². The molecule has 0 bridgehead atoms. The van der Waals surface area contributed by atoms with Gasteiger partial charge in [-0.25, -0.2) is 4.98 Å². The average molecular weight is 414 g/mol. The predicted molar refractivity (Wildman–Crippen MR) is 118 cm³/mol. The van der Waals surface area contributed by atoms with Crippen molar-refractivity contribution in [2.45, 2.75) is 33.6 Å². The number of carbonyl (C=O) groups is 1. The van der Waals surface area contributed by atoms with E-state index in [0.717, 1.165) is 40.3 Å². The molecular weight excluding hydrogens is 390 g/mol. The van der Waals surface area contributed by atoms with Crippen LogP contribution in [0.3, 0.4) is 0 Å². The molecule has 0 unspecified atom stereocenters. The maximum absolute atomic E-state index is 12.2. The summed E-state index contributed by atoms with van der Waals surface area (Å²) in [7, 11) is 0. The Hall–Kier alpha value is -3.34. The summed E-state index contributed by atoms with van der Waals surface area (Å²) >= 11 is 0. The Morgan fingerprint density at radius 3 is 2.65 bits per heavy atom. The zero-order valence-corrected chi connectivity index (χ0v) is 17.9. The Labute approximate surface area is 181 Å². The summed E-state index contributed by atoms with van der Waals surface area (Å²) in [4.78, 5) is 17.2. The SMILES string of the molecule is CC(C)(C)[C@@H]1C/C(=C/c2ccc3c(c2)OCO3)c2nc3ccccc3c(C(=O)[O-])c2C1. The Bertz CT molecular complexity index is 1240. The molecule has 2 aliphatic rings. The number of ether oxygens (including phenoxy) is 2. The van der Waals surface area contributed by atoms with Crippen LogP contribution in [0.1, 0.15) is 54.4 Å². The van der Waals surface area contributed by atoms with E-state index >= 15 is 0 Å². The van der Waals surface area contributed by atoms with Crippen molar-refractivity contribution in [1.82, 2.24) is 4.98 Å².